The average Bonchev–Trinajstić information content (AvgIpc) is 2.63. The Labute approximate surface area is 169 Å². The lowest BCUT2D eigenvalue weighted by Gasteiger charge is -2.14. The molecule has 2 aromatic carbocycles. The highest BCUT2D eigenvalue weighted by Gasteiger charge is 2.07. The van der Waals surface area contributed by atoms with Gasteiger partial charge in [0.05, 0.1) is 13.2 Å². The van der Waals surface area contributed by atoms with Crippen LogP contribution in [0.1, 0.15) is 13.8 Å². The molecule has 2 N–H and O–H groups in total. The molecule has 0 radical (unpaired) electrons. The highest BCUT2D eigenvalue weighted by atomic mass is 35.5. The van der Waals surface area contributed by atoms with E-state index in [4.69, 9.17) is 33.3 Å². The van der Waals surface area contributed by atoms with E-state index in [1.54, 1.807) is 11.8 Å². The second-order valence-electron chi connectivity index (χ2n) is 5.21. The summed E-state index contributed by atoms with van der Waals surface area (Å²) in [4.78, 5) is 1.18. The molecule has 26 heavy (non-hydrogen) atoms. The molecule has 0 fully saturated rings. The van der Waals surface area contributed by atoms with E-state index in [2.05, 4.69) is 10.6 Å². The molecule has 0 unspecified atom stereocenters. The van der Waals surface area contributed by atoms with Crippen molar-refractivity contribution in [3.05, 3.63) is 47.5 Å². The van der Waals surface area contributed by atoms with Gasteiger partial charge in [0.1, 0.15) is 0 Å². The fourth-order valence-electron chi connectivity index (χ4n) is 2.17. The van der Waals surface area contributed by atoms with E-state index in [-0.39, 0.29) is 0 Å². The van der Waals surface area contributed by atoms with Gasteiger partial charge in [0.15, 0.2) is 16.6 Å². The number of hydrogen-bond acceptors (Lipinski definition) is 4. The van der Waals surface area contributed by atoms with E-state index in [9.17, 15) is 0 Å². The van der Waals surface area contributed by atoms with Crippen molar-refractivity contribution in [3.8, 4) is 11.5 Å². The van der Waals surface area contributed by atoms with E-state index >= 15 is 0 Å². The SMILES string of the molecule is CCOc1ccc(NC(=S)NCCSc2ccc(Cl)cc2)cc1OCC. The molecule has 0 atom stereocenters. The van der Waals surface area contributed by atoms with Gasteiger partial charge in [-0.25, -0.2) is 0 Å². The van der Waals surface area contributed by atoms with Gasteiger partial charge in [-0.1, -0.05) is 11.6 Å². The molecule has 2 rings (SSSR count). The number of nitrogens with one attached hydrogen (secondary N) is 2. The van der Waals surface area contributed by atoms with Crippen molar-refractivity contribution in [2.75, 3.05) is 30.8 Å². The minimum Gasteiger partial charge on any atom is -0.490 e. The minimum absolute atomic E-state index is 0.577. The molecule has 0 saturated carbocycles. The van der Waals surface area contributed by atoms with Gasteiger partial charge in [-0.05, 0) is 62.5 Å². The summed E-state index contributed by atoms with van der Waals surface area (Å²) in [6, 6.07) is 13.5. The number of thioether (sulfide) groups is 1. The average molecular weight is 411 g/mol. The quantitative estimate of drug-likeness (QED) is 0.336. The Hall–Kier alpha value is -1.63. The highest BCUT2D eigenvalue weighted by molar-refractivity contribution is 7.99. The normalized spacial score (nSPS) is 10.3. The van der Waals surface area contributed by atoms with Crippen molar-refractivity contribution in [1.82, 2.24) is 5.32 Å². The lowest BCUT2D eigenvalue weighted by atomic mass is 10.2. The molecule has 0 spiro atoms. The van der Waals surface area contributed by atoms with E-state index in [0.29, 0.717) is 24.1 Å². The summed E-state index contributed by atoms with van der Waals surface area (Å²) >= 11 is 13.0. The third-order valence-corrected chi connectivity index (χ3v) is 4.78. The van der Waals surface area contributed by atoms with Crippen molar-refractivity contribution in [2.45, 2.75) is 18.7 Å². The van der Waals surface area contributed by atoms with Crippen LogP contribution in [-0.4, -0.2) is 30.6 Å². The predicted octanol–water partition coefficient (Wildman–Crippen LogP) is 5.22. The molecule has 0 aliphatic carbocycles. The van der Waals surface area contributed by atoms with E-state index in [1.165, 1.54) is 4.90 Å². The first-order valence-corrected chi connectivity index (χ1v) is 10.2. The number of rotatable bonds is 9. The first-order chi connectivity index (χ1) is 12.6. The Morgan fingerprint density at radius 2 is 1.73 bits per heavy atom. The number of hydrogen-bond donors (Lipinski definition) is 2. The van der Waals surface area contributed by atoms with Gasteiger partial charge in [-0.15, -0.1) is 11.8 Å². The maximum atomic E-state index is 5.89. The number of anilines is 1. The summed E-state index contributed by atoms with van der Waals surface area (Å²) in [6.45, 7) is 5.82. The van der Waals surface area contributed by atoms with Gasteiger partial charge in [-0.3, -0.25) is 0 Å². The molecule has 4 nitrogen and oxygen atoms in total. The number of thiocarbonyl (C=S) groups is 1. The highest BCUT2D eigenvalue weighted by Crippen LogP contribution is 2.30. The second-order valence-corrected chi connectivity index (χ2v) is 7.22. The molecule has 0 aliphatic rings. The molecule has 7 heteroatoms. The molecule has 0 aliphatic heterocycles. The van der Waals surface area contributed by atoms with Crippen LogP contribution in [0.3, 0.4) is 0 Å². The molecule has 140 valence electrons. The van der Waals surface area contributed by atoms with E-state index < -0.39 is 0 Å². The first-order valence-electron chi connectivity index (χ1n) is 8.45. The summed E-state index contributed by atoms with van der Waals surface area (Å²) in [5.74, 6) is 2.34. The van der Waals surface area contributed by atoms with Crippen molar-refractivity contribution in [1.29, 1.82) is 0 Å². The number of halogens is 1. The fraction of sp³-hybridized carbons (Fsp3) is 0.316. The van der Waals surface area contributed by atoms with E-state index in [0.717, 1.165) is 28.8 Å². The third-order valence-electron chi connectivity index (χ3n) is 3.27. The summed E-state index contributed by atoms with van der Waals surface area (Å²) in [5, 5.41) is 7.71. The smallest absolute Gasteiger partial charge is 0.170 e. The molecule has 0 bridgehead atoms. The molecule has 2 aromatic rings. The zero-order valence-electron chi connectivity index (χ0n) is 14.9. The zero-order chi connectivity index (χ0) is 18.8. The Balaban J connectivity index is 1.79. The van der Waals surface area contributed by atoms with Gasteiger partial charge in [0.25, 0.3) is 0 Å². The van der Waals surface area contributed by atoms with Gasteiger partial charge in [0.2, 0.25) is 0 Å². The van der Waals surface area contributed by atoms with Crippen LogP contribution in [0.5, 0.6) is 11.5 Å². The molecule has 0 heterocycles. The third kappa shape index (κ3) is 6.94. The maximum absolute atomic E-state index is 5.89. The van der Waals surface area contributed by atoms with Gasteiger partial charge in [0, 0.05) is 34.0 Å². The van der Waals surface area contributed by atoms with E-state index in [1.807, 2.05) is 56.3 Å². The lowest BCUT2D eigenvalue weighted by molar-refractivity contribution is 0.288. The van der Waals surface area contributed by atoms with Crippen LogP contribution in [0, 0.1) is 0 Å². The Bertz CT molecular complexity index is 711. The van der Waals surface area contributed by atoms with Crippen LogP contribution in [-0.2, 0) is 0 Å². The molecular formula is C19H23ClN2O2S2. The summed E-state index contributed by atoms with van der Waals surface area (Å²) in [5.41, 5.74) is 0.861. The minimum atomic E-state index is 0.577. The number of ether oxygens (including phenoxy) is 2. The lowest BCUT2D eigenvalue weighted by Crippen LogP contribution is -2.30. The van der Waals surface area contributed by atoms with Crippen LogP contribution in [0.2, 0.25) is 5.02 Å². The van der Waals surface area contributed by atoms with Gasteiger partial charge in [-0.2, -0.15) is 0 Å². The van der Waals surface area contributed by atoms with Crippen molar-refractivity contribution in [2.24, 2.45) is 0 Å². The van der Waals surface area contributed by atoms with Crippen LogP contribution >= 0.6 is 35.6 Å². The molecule has 0 saturated heterocycles. The summed E-state index contributed by atoms with van der Waals surface area (Å²) in [7, 11) is 0. The van der Waals surface area contributed by atoms with Crippen LogP contribution < -0.4 is 20.1 Å². The fourth-order valence-corrected chi connectivity index (χ4v) is 3.28. The topological polar surface area (TPSA) is 42.5 Å². The van der Waals surface area contributed by atoms with Gasteiger partial charge >= 0.3 is 0 Å². The van der Waals surface area contributed by atoms with Gasteiger partial charge < -0.3 is 20.1 Å². The Morgan fingerprint density at radius 3 is 2.42 bits per heavy atom. The Morgan fingerprint density at radius 1 is 1.04 bits per heavy atom. The standard InChI is InChI=1S/C19H23ClN2O2S2/c1-3-23-17-10-7-15(13-18(17)24-4-2)22-19(25)21-11-12-26-16-8-5-14(20)6-9-16/h5-10,13H,3-4,11-12H2,1-2H3,(H2,21,22,25). The maximum Gasteiger partial charge on any atom is 0.170 e. The van der Waals surface area contributed by atoms with Crippen LogP contribution in [0.15, 0.2) is 47.4 Å². The zero-order valence-corrected chi connectivity index (χ0v) is 17.3. The predicted molar refractivity (Wildman–Crippen MR) is 115 cm³/mol. The molecular weight excluding hydrogens is 388 g/mol. The summed E-state index contributed by atoms with van der Waals surface area (Å²) in [6.07, 6.45) is 0. The monoisotopic (exact) mass is 410 g/mol. The summed E-state index contributed by atoms with van der Waals surface area (Å²) < 4.78 is 11.2. The first kappa shape index (κ1) is 20.7. The number of benzene rings is 2. The molecule has 0 amide bonds. The molecule has 0 aromatic heterocycles. The van der Waals surface area contributed by atoms with Crippen LogP contribution in [0.4, 0.5) is 5.69 Å². The Kier molecular flexibility index (Phi) is 8.88. The largest absolute Gasteiger partial charge is 0.490 e. The second kappa shape index (κ2) is 11.2. The van der Waals surface area contributed by atoms with Crippen molar-refractivity contribution >= 4 is 46.4 Å². The van der Waals surface area contributed by atoms with Crippen molar-refractivity contribution in [3.63, 3.8) is 0 Å². The van der Waals surface area contributed by atoms with Crippen LogP contribution in [0.25, 0.3) is 0 Å². The van der Waals surface area contributed by atoms with Crippen molar-refractivity contribution < 1.29 is 9.47 Å².